The topological polar surface area (TPSA) is 34.1 Å². The Kier molecular flexibility index (Phi) is 8.28. The molecule has 1 aromatic rings. The van der Waals surface area contributed by atoms with Gasteiger partial charge in [-0.15, -0.1) is 0 Å². The summed E-state index contributed by atoms with van der Waals surface area (Å²) in [5.41, 5.74) is 2.35. The van der Waals surface area contributed by atoms with E-state index in [2.05, 4.69) is 43.2 Å². The fourth-order valence-electron chi connectivity index (χ4n) is 2.28. The molecule has 3 nitrogen and oxygen atoms in total. The van der Waals surface area contributed by atoms with E-state index in [-0.39, 0.29) is 0 Å². The number of unbranched alkanes of at least 4 members (excludes halogenated alkanes) is 1. The van der Waals surface area contributed by atoms with Gasteiger partial charge in [0.15, 0.2) is 0 Å². The van der Waals surface area contributed by atoms with Crippen molar-refractivity contribution in [3.05, 3.63) is 23.4 Å². The smallest absolute Gasteiger partial charge is 0.213 e. The third-order valence-corrected chi connectivity index (χ3v) is 3.67. The van der Waals surface area contributed by atoms with Crippen molar-refractivity contribution >= 4 is 0 Å². The molecule has 114 valence electrons. The lowest BCUT2D eigenvalue weighted by Gasteiger charge is -2.16. The van der Waals surface area contributed by atoms with Crippen molar-refractivity contribution in [1.82, 2.24) is 10.3 Å². The minimum Gasteiger partial charge on any atom is -0.477 e. The van der Waals surface area contributed by atoms with Crippen LogP contribution in [0.4, 0.5) is 0 Å². The van der Waals surface area contributed by atoms with E-state index >= 15 is 0 Å². The van der Waals surface area contributed by atoms with E-state index < -0.39 is 0 Å². The first-order valence-electron chi connectivity index (χ1n) is 8.00. The van der Waals surface area contributed by atoms with Crippen LogP contribution in [0.1, 0.15) is 57.7 Å². The molecule has 1 heterocycles. The molecule has 0 aromatic carbocycles. The Labute approximate surface area is 124 Å². The molecule has 0 saturated heterocycles. The molecule has 3 heteroatoms. The monoisotopic (exact) mass is 278 g/mol. The van der Waals surface area contributed by atoms with Gasteiger partial charge >= 0.3 is 0 Å². The molecule has 1 atom stereocenters. The predicted octanol–water partition coefficient (Wildman–Crippen LogP) is 3.96. The number of hydrogen-bond donors (Lipinski definition) is 1. The molecule has 0 spiro atoms. The Hall–Kier alpha value is -1.09. The molecule has 20 heavy (non-hydrogen) atoms. The van der Waals surface area contributed by atoms with Crippen LogP contribution in [0.3, 0.4) is 0 Å². The average Bonchev–Trinajstić information content (AvgIpc) is 2.47. The Morgan fingerprint density at radius 2 is 2.05 bits per heavy atom. The number of nitrogens with one attached hydrogen (secondary N) is 1. The number of aryl methyl sites for hydroxylation is 1. The minimum atomic E-state index is 0.648. The van der Waals surface area contributed by atoms with Crippen LogP contribution in [0.2, 0.25) is 0 Å². The lowest BCUT2D eigenvalue weighted by molar-refractivity contribution is 0.225. The summed E-state index contributed by atoms with van der Waals surface area (Å²) in [4.78, 5) is 4.57. The zero-order valence-electron chi connectivity index (χ0n) is 13.5. The second-order valence-corrected chi connectivity index (χ2v) is 5.42. The van der Waals surface area contributed by atoms with Crippen molar-refractivity contribution in [2.24, 2.45) is 5.92 Å². The molecule has 1 aromatic heterocycles. The highest BCUT2D eigenvalue weighted by Gasteiger charge is 2.09. The largest absolute Gasteiger partial charge is 0.477 e. The number of aromatic nitrogens is 1. The Morgan fingerprint density at radius 3 is 2.65 bits per heavy atom. The highest BCUT2D eigenvalue weighted by molar-refractivity contribution is 5.25. The van der Waals surface area contributed by atoms with Gasteiger partial charge in [0.25, 0.3) is 0 Å². The predicted molar refractivity (Wildman–Crippen MR) is 85.2 cm³/mol. The Morgan fingerprint density at radius 1 is 1.25 bits per heavy atom. The molecule has 1 N–H and O–H groups in total. The summed E-state index contributed by atoms with van der Waals surface area (Å²) in [6.45, 7) is 8.26. The minimum absolute atomic E-state index is 0.648. The number of hydrogen-bond acceptors (Lipinski definition) is 3. The Balaban J connectivity index is 2.63. The van der Waals surface area contributed by atoms with Gasteiger partial charge in [0.2, 0.25) is 5.88 Å². The molecule has 0 aliphatic rings. The molecule has 1 rings (SSSR count). The zero-order chi connectivity index (χ0) is 14.8. The van der Waals surface area contributed by atoms with E-state index in [1.165, 1.54) is 31.2 Å². The highest BCUT2D eigenvalue weighted by atomic mass is 16.5. The molecule has 0 aliphatic carbocycles. The quantitative estimate of drug-likeness (QED) is 0.703. The van der Waals surface area contributed by atoms with Gasteiger partial charge in [-0.05, 0) is 37.4 Å². The van der Waals surface area contributed by atoms with Crippen LogP contribution in [-0.4, -0.2) is 18.6 Å². The van der Waals surface area contributed by atoms with Crippen molar-refractivity contribution < 1.29 is 4.74 Å². The third kappa shape index (κ3) is 5.91. The number of nitrogens with zero attached hydrogens (tertiary/aromatic N) is 1. The second kappa shape index (κ2) is 9.76. The lowest BCUT2D eigenvalue weighted by atomic mass is 10.0. The van der Waals surface area contributed by atoms with Gasteiger partial charge in [0, 0.05) is 18.3 Å². The standard InChI is InChI=1S/C17H30N2O/c1-5-8-9-14(6-2)13-20-17-11-15(12-18-4)10-16(7-3)19-17/h10-11,14,18H,5-9,12-13H2,1-4H3. The van der Waals surface area contributed by atoms with Crippen LogP contribution in [0.5, 0.6) is 5.88 Å². The number of pyridine rings is 1. The molecule has 0 amide bonds. The van der Waals surface area contributed by atoms with E-state index in [1.54, 1.807) is 0 Å². The van der Waals surface area contributed by atoms with Crippen LogP contribution in [0.15, 0.2) is 12.1 Å². The highest BCUT2D eigenvalue weighted by Crippen LogP contribution is 2.17. The maximum absolute atomic E-state index is 5.95. The van der Waals surface area contributed by atoms with Gasteiger partial charge in [0.05, 0.1) is 6.61 Å². The number of rotatable bonds is 10. The molecule has 0 radical (unpaired) electrons. The maximum atomic E-state index is 5.95. The van der Waals surface area contributed by atoms with E-state index in [0.717, 1.165) is 31.1 Å². The SMILES string of the molecule is CCCCC(CC)COc1cc(CNC)cc(CC)n1. The average molecular weight is 278 g/mol. The molecule has 0 bridgehead atoms. The van der Waals surface area contributed by atoms with Gasteiger partial charge < -0.3 is 10.1 Å². The van der Waals surface area contributed by atoms with Gasteiger partial charge in [-0.2, -0.15) is 0 Å². The van der Waals surface area contributed by atoms with E-state index in [1.807, 2.05) is 7.05 Å². The maximum Gasteiger partial charge on any atom is 0.213 e. The molecule has 0 fully saturated rings. The van der Waals surface area contributed by atoms with Crippen LogP contribution in [0.25, 0.3) is 0 Å². The van der Waals surface area contributed by atoms with Crippen LogP contribution in [0, 0.1) is 5.92 Å². The molecular weight excluding hydrogens is 248 g/mol. The van der Waals surface area contributed by atoms with Crippen molar-refractivity contribution in [3.63, 3.8) is 0 Å². The summed E-state index contributed by atoms with van der Waals surface area (Å²) in [6.07, 6.45) is 5.92. The fraction of sp³-hybridized carbons (Fsp3) is 0.706. The number of ether oxygens (including phenoxy) is 1. The summed E-state index contributed by atoms with van der Waals surface area (Å²) in [6, 6.07) is 4.21. The van der Waals surface area contributed by atoms with Gasteiger partial charge in [0.1, 0.15) is 0 Å². The van der Waals surface area contributed by atoms with Crippen LogP contribution in [-0.2, 0) is 13.0 Å². The van der Waals surface area contributed by atoms with Crippen molar-refractivity contribution in [2.75, 3.05) is 13.7 Å². The van der Waals surface area contributed by atoms with Crippen LogP contribution >= 0.6 is 0 Å². The van der Waals surface area contributed by atoms with Gasteiger partial charge in [-0.1, -0.05) is 40.0 Å². The van der Waals surface area contributed by atoms with Crippen molar-refractivity contribution in [3.8, 4) is 5.88 Å². The van der Waals surface area contributed by atoms with Crippen LogP contribution < -0.4 is 10.1 Å². The van der Waals surface area contributed by atoms with E-state index in [0.29, 0.717) is 5.92 Å². The molecular formula is C17H30N2O. The second-order valence-electron chi connectivity index (χ2n) is 5.42. The van der Waals surface area contributed by atoms with Crippen molar-refractivity contribution in [1.29, 1.82) is 0 Å². The first kappa shape index (κ1) is 17.0. The zero-order valence-corrected chi connectivity index (χ0v) is 13.5. The molecule has 0 aliphatic heterocycles. The summed E-state index contributed by atoms with van der Waals surface area (Å²) < 4.78 is 5.95. The summed E-state index contributed by atoms with van der Waals surface area (Å²) >= 11 is 0. The molecule has 1 unspecified atom stereocenters. The van der Waals surface area contributed by atoms with E-state index in [9.17, 15) is 0 Å². The lowest BCUT2D eigenvalue weighted by Crippen LogP contribution is -2.13. The van der Waals surface area contributed by atoms with Crippen molar-refractivity contribution in [2.45, 2.75) is 59.4 Å². The fourth-order valence-corrected chi connectivity index (χ4v) is 2.28. The van der Waals surface area contributed by atoms with E-state index in [4.69, 9.17) is 4.74 Å². The normalized spacial score (nSPS) is 12.4. The molecule has 0 saturated carbocycles. The van der Waals surface area contributed by atoms with Gasteiger partial charge in [-0.25, -0.2) is 4.98 Å². The first-order valence-corrected chi connectivity index (χ1v) is 8.00. The Bertz CT molecular complexity index is 379. The summed E-state index contributed by atoms with van der Waals surface area (Å²) in [5, 5.41) is 3.18. The summed E-state index contributed by atoms with van der Waals surface area (Å²) in [5.74, 6) is 1.43. The first-order chi connectivity index (χ1) is 9.73. The summed E-state index contributed by atoms with van der Waals surface area (Å²) in [7, 11) is 1.96. The third-order valence-electron chi connectivity index (χ3n) is 3.67. The van der Waals surface area contributed by atoms with Gasteiger partial charge in [-0.3, -0.25) is 0 Å².